The van der Waals surface area contributed by atoms with Crippen molar-refractivity contribution in [2.24, 2.45) is 0 Å². The molecule has 1 atom stereocenters. The van der Waals surface area contributed by atoms with Crippen molar-refractivity contribution in [3.05, 3.63) is 20.8 Å². The Morgan fingerprint density at radius 3 is 2.50 bits per heavy atom. The van der Waals surface area contributed by atoms with Crippen LogP contribution in [0.15, 0.2) is 15.9 Å². The van der Waals surface area contributed by atoms with Crippen LogP contribution in [0.5, 0.6) is 0 Å². The van der Waals surface area contributed by atoms with Gasteiger partial charge < -0.3 is 10.4 Å². The third-order valence-electron chi connectivity index (χ3n) is 1.83. The zero-order valence-corrected chi connectivity index (χ0v) is 11.0. The second-order valence-electron chi connectivity index (χ2n) is 3.31. The van der Waals surface area contributed by atoms with Crippen molar-refractivity contribution in [2.45, 2.75) is 18.6 Å². The number of carbonyl (C=O) groups is 2. The maximum absolute atomic E-state index is 12.1. The Bertz CT molecular complexity index is 460. The fourth-order valence-electron chi connectivity index (χ4n) is 1.09. The van der Waals surface area contributed by atoms with Crippen molar-refractivity contribution in [2.75, 3.05) is 0 Å². The molecule has 9 heteroatoms. The van der Waals surface area contributed by atoms with Crippen LogP contribution in [0.4, 0.5) is 13.2 Å². The average Bonchev–Trinajstić information content (AvgIpc) is 2.61. The number of rotatable bonds is 4. The molecule has 1 aromatic heterocycles. The summed E-state index contributed by atoms with van der Waals surface area (Å²) in [5, 5.41) is 12.0. The lowest BCUT2D eigenvalue weighted by Crippen LogP contribution is -2.43. The molecule has 0 aliphatic rings. The van der Waals surface area contributed by atoms with Crippen molar-refractivity contribution in [1.29, 1.82) is 0 Å². The van der Waals surface area contributed by atoms with Gasteiger partial charge in [0.2, 0.25) is 0 Å². The van der Waals surface area contributed by atoms with Crippen molar-refractivity contribution >= 4 is 39.1 Å². The van der Waals surface area contributed by atoms with E-state index in [0.29, 0.717) is 4.47 Å². The fraction of sp³-hybridized carbons (Fsp3) is 0.333. The van der Waals surface area contributed by atoms with E-state index in [-0.39, 0.29) is 4.88 Å². The average molecular weight is 346 g/mol. The number of amides is 1. The molecule has 0 aliphatic heterocycles. The number of carboxylic acid groups (broad SMARTS) is 1. The van der Waals surface area contributed by atoms with E-state index >= 15 is 0 Å². The van der Waals surface area contributed by atoms with Crippen molar-refractivity contribution in [3.63, 3.8) is 0 Å². The Labute approximate surface area is 112 Å². The zero-order chi connectivity index (χ0) is 13.9. The molecule has 2 N–H and O–H groups in total. The predicted octanol–water partition coefficient (Wildman–Crippen LogP) is 2.65. The molecule has 1 rings (SSSR count). The number of nitrogens with one attached hydrogen (secondary N) is 1. The molecular weight excluding hydrogens is 339 g/mol. The van der Waals surface area contributed by atoms with Gasteiger partial charge in [-0.1, -0.05) is 0 Å². The van der Waals surface area contributed by atoms with E-state index in [1.54, 1.807) is 5.38 Å². The SMILES string of the molecule is O=C(NC(CC(F)(F)F)C(=O)O)c1cc(Br)cs1. The van der Waals surface area contributed by atoms with Crippen molar-refractivity contribution in [1.82, 2.24) is 5.32 Å². The van der Waals surface area contributed by atoms with Gasteiger partial charge in [-0.3, -0.25) is 4.79 Å². The van der Waals surface area contributed by atoms with Gasteiger partial charge in [-0.05, 0) is 22.0 Å². The van der Waals surface area contributed by atoms with Crippen molar-refractivity contribution in [3.8, 4) is 0 Å². The van der Waals surface area contributed by atoms with Gasteiger partial charge in [0, 0.05) is 9.85 Å². The lowest BCUT2D eigenvalue weighted by Gasteiger charge is -2.15. The van der Waals surface area contributed by atoms with Gasteiger partial charge in [0.15, 0.2) is 0 Å². The molecule has 4 nitrogen and oxygen atoms in total. The summed E-state index contributed by atoms with van der Waals surface area (Å²) in [5.74, 6) is -2.57. The van der Waals surface area contributed by atoms with Crippen LogP contribution in [0, 0.1) is 0 Å². The molecule has 0 spiro atoms. The van der Waals surface area contributed by atoms with Crippen LogP contribution in [0.3, 0.4) is 0 Å². The topological polar surface area (TPSA) is 66.4 Å². The number of carbonyl (C=O) groups excluding carboxylic acids is 1. The van der Waals surface area contributed by atoms with Crippen LogP contribution < -0.4 is 5.32 Å². The predicted molar refractivity (Wildman–Crippen MR) is 61.6 cm³/mol. The van der Waals surface area contributed by atoms with Crippen LogP contribution in [0.1, 0.15) is 16.1 Å². The molecule has 0 bridgehead atoms. The van der Waals surface area contributed by atoms with Crippen LogP contribution >= 0.6 is 27.3 Å². The van der Waals surface area contributed by atoms with E-state index in [2.05, 4.69) is 15.9 Å². The molecule has 0 aromatic carbocycles. The van der Waals surface area contributed by atoms with Crippen LogP contribution in [-0.2, 0) is 4.79 Å². The summed E-state index contributed by atoms with van der Waals surface area (Å²) in [5.41, 5.74) is 0. The second kappa shape index (κ2) is 5.70. The molecule has 100 valence electrons. The standard InChI is InChI=1S/C9H7BrF3NO3S/c10-4-1-6(18-3-4)7(15)14-5(8(16)17)2-9(11,12)13/h1,3,5H,2H2,(H,14,15)(H,16,17). The van der Waals surface area contributed by atoms with Crippen LogP contribution in [0.2, 0.25) is 0 Å². The minimum Gasteiger partial charge on any atom is -0.480 e. The Balaban J connectivity index is 2.73. The number of alkyl halides is 3. The molecule has 1 aromatic rings. The number of hydrogen-bond acceptors (Lipinski definition) is 3. The van der Waals surface area contributed by atoms with Gasteiger partial charge in [-0.2, -0.15) is 13.2 Å². The summed E-state index contributed by atoms with van der Waals surface area (Å²) in [6.07, 6.45) is -6.27. The van der Waals surface area contributed by atoms with Gasteiger partial charge >= 0.3 is 12.1 Å². The van der Waals surface area contributed by atoms with Crippen LogP contribution in [0.25, 0.3) is 0 Å². The number of halogens is 4. The smallest absolute Gasteiger partial charge is 0.391 e. The highest BCUT2D eigenvalue weighted by Crippen LogP contribution is 2.23. The first-order valence-corrected chi connectivity index (χ1v) is 6.21. The lowest BCUT2D eigenvalue weighted by atomic mass is 10.2. The molecule has 0 radical (unpaired) electrons. The highest BCUT2D eigenvalue weighted by molar-refractivity contribution is 9.10. The van der Waals surface area contributed by atoms with Gasteiger partial charge in [0.05, 0.1) is 11.3 Å². The number of thiophene rings is 1. The first-order valence-electron chi connectivity index (χ1n) is 4.53. The summed E-state index contributed by atoms with van der Waals surface area (Å²) >= 11 is 4.07. The summed E-state index contributed by atoms with van der Waals surface area (Å²) in [6, 6.07) is -0.592. The highest BCUT2D eigenvalue weighted by atomic mass is 79.9. The van der Waals surface area contributed by atoms with E-state index in [4.69, 9.17) is 5.11 Å². The quantitative estimate of drug-likeness (QED) is 0.881. The van der Waals surface area contributed by atoms with Gasteiger partial charge in [-0.15, -0.1) is 11.3 Å². The number of hydrogen-bond donors (Lipinski definition) is 2. The Morgan fingerprint density at radius 2 is 2.11 bits per heavy atom. The molecule has 18 heavy (non-hydrogen) atoms. The largest absolute Gasteiger partial charge is 0.480 e. The second-order valence-corrected chi connectivity index (χ2v) is 5.14. The van der Waals surface area contributed by atoms with E-state index in [0.717, 1.165) is 11.3 Å². The molecule has 0 saturated carbocycles. The summed E-state index contributed by atoms with van der Waals surface area (Å²) in [6.45, 7) is 0. The lowest BCUT2D eigenvalue weighted by molar-refractivity contribution is -0.157. The maximum Gasteiger partial charge on any atom is 0.391 e. The molecule has 1 heterocycles. The van der Waals surface area contributed by atoms with Gasteiger partial charge in [0.25, 0.3) is 5.91 Å². The monoisotopic (exact) mass is 345 g/mol. The summed E-state index contributed by atoms with van der Waals surface area (Å²) in [4.78, 5) is 22.3. The van der Waals surface area contributed by atoms with Gasteiger partial charge in [0.1, 0.15) is 6.04 Å². The Morgan fingerprint density at radius 1 is 1.50 bits per heavy atom. The normalized spacial score (nSPS) is 13.1. The first-order chi connectivity index (χ1) is 8.19. The summed E-state index contributed by atoms with van der Waals surface area (Å²) in [7, 11) is 0. The van der Waals surface area contributed by atoms with Crippen LogP contribution in [-0.4, -0.2) is 29.2 Å². The molecule has 1 amide bonds. The minimum atomic E-state index is -4.66. The third kappa shape index (κ3) is 4.65. The number of aliphatic carboxylic acids is 1. The molecule has 0 aliphatic carbocycles. The molecule has 1 unspecified atom stereocenters. The third-order valence-corrected chi connectivity index (χ3v) is 3.52. The minimum absolute atomic E-state index is 0.135. The van der Waals surface area contributed by atoms with E-state index in [1.165, 1.54) is 6.07 Å². The molecule has 0 fully saturated rings. The Kier molecular flexibility index (Phi) is 4.74. The summed E-state index contributed by atoms with van der Waals surface area (Å²) < 4.78 is 36.9. The first kappa shape index (κ1) is 15.0. The van der Waals surface area contributed by atoms with E-state index in [1.807, 2.05) is 5.32 Å². The zero-order valence-electron chi connectivity index (χ0n) is 8.62. The fourth-order valence-corrected chi connectivity index (χ4v) is 2.42. The molecular formula is C9H7BrF3NO3S. The van der Waals surface area contributed by atoms with Gasteiger partial charge in [-0.25, -0.2) is 4.79 Å². The van der Waals surface area contributed by atoms with E-state index in [9.17, 15) is 22.8 Å². The highest BCUT2D eigenvalue weighted by Gasteiger charge is 2.36. The van der Waals surface area contributed by atoms with E-state index < -0.39 is 30.5 Å². The molecule has 0 saturated heterocycles. The van der Waals surface area contributed by atoms with Crippen molar-refractivity contribution < 1.29 is 27.9 Å². The Hall–Kier alpha value is -1.09. The number of carboxylic acids is 1. The maximum atomic E-state index is 12.1.